The molecular formula is C21H18BrF3N4O6S. The Labute approximate surface area is 214 Å². The quantitative estimate of drug-likeness (QED) is 0.335. The molecule has 1 aromatic carbocycles. The van der Waals surface area contributed by atoms with Crippen LogP contribution in [0.25, 0.3) is 11.3 Å². The molecule has 0 spiro atoms. The number of ether oxygens (including phenoxy) is 2. The lowest BCUT2D eigenvalue weighted by Crippen LogP contribution is -2.56. The van der Waals surface area contributed by atoms with Crippen molar-refractivity contribution in [3.8, 4) is 11.3 Å². The summed E-state index contributed by atoms with van der Waals surface area (Å²) < 4.78 is 54.0. The van der Waals surface area contributed by atoms with Crippen molar-refractivity contribution in [1.29, 1.82) is 0 Å². The highest BCUT2D eigenvalue weighted by molar-refractivity contribution is 9.10. The van der Waals surface area contributed by atoms with Crippen LogP contribution in [0.4, 0.5) is 13.2 Å². The molecule has 1 fully saturated rings. The second-order valence-corrected chi connectivity index (χ2v) is 9.76. The molecule has 0 bridgehead atoms. The number of aromatic nitrogens is 4. The number of carboxylic acids is 1. The Hall–Kier alpha value is -2.56. The first kappa shape index (κ1) is 26.5. The molecule has 36 heavy (non-hydrogen) atoms. The molecule has 3 N–H and O–H groups in total. The fourth-order valence-corrected chi connectivity index (χ4v) is 5.33. The summed E-state index contributed by atoms with van der Waals surface area (Å²) in [7, 11) is 0. The molecule has 3 aromatic rings. The molecule has 2 unspecified atom stereocenters. The third kappa shape index (κ3) is 5.71. The number of halogens is 4. The third-order valence-corrected chi connectivity index (χ3v) is 6.79. The summed E-state index contributed by atoms with van der Waals surface area (Å²) in [6.07, 6.45) is 0.629. The van der Waals surface area contributed by atoms with Gasteiger partial charge in [0.05, 0.1) is 12.8 Å². The molecule has 2 aromatic heterocycles. The van der Waals surface area contributed by atoms with Gasteiger partial charge in [0.15, 0.2) is 17.5 Å². The van der Waals surface area contributed by atoms with Crippen molar-refractivity contribution >= 4 is 33.7 Å². The molecule has 3 heterocycles. The van der Waals surface area contributed by atoms with E-state index in [2.05, 4.69) is 31.2 Å². The predicted octanol–water partition coefficient (Wildman–Crippen LogP) is 2.40. The molecule has 1 aliphatic heterocycles. The summed E-state index contributed by atoms with van der Waals surface area (Å²) in [5, 5.41) is 37.7. The molecule has 0 aliphatic carbocycles. The maximum Gasteiger partial charge on any atom is 0.329 e. The Kier molecular flexibility index (Phi) is 8.27. The van der Waals surface area contributed by atoms with E-state index in [1.807, 2.05) is 0 Å². The van der Waals surface area contributed by atoms with Crippen LogP contribution in [0.3, 0.4) is 0 Å². The van der Waals surface area contributed by atoms with Gasteiger partial charge in [0, 0.05) is 27.3 Å². The first-order chi connectivity index (χ1) is 17.2. The lowest BCUT2D eigenvalue weighted by Gasteiger charge is -2.43. The first-order valence-electron chi connectivity index (χ1n) is 10.3. The van der Waals surface area contributed by atoms with Crippen LogP contribution in [-0.4, -0.2) is 78.2 Å². The Balaban J connectivity index is 1.71. The molecular weight excluding hydrogens is 573 g/mol. The molecule has 0 amide bonds. The highest BCUT2D eigenvalue weighted by Crippen LogP contribution is 2.40. The van der Waals surface area contributed by atoms with Crippen LogP contribution in [0.1, 0.15) is 6.04 Å². The van der Waals surface area contributed by atoms with Gasteiger partial charge in [-0.2, -0.15) is 0 Å². The number of aliphatic hydroxyl groups excluding tert-OH is 2. The monoisotopic (exact) mass is 590 g/mol. The van der Waals surface area contributed by atoms with Gasteiger partial charge in [-0.15, -0.1) is 5.10 Å². The van der Waals surface area contributed by atoms with E-state index in [0.717, 1.165) is 28.6 Å². The van der Waals surface area contributed by atoms with Gasteiger partial charge in [-0.3, -0.25) is 4.98 Å². The van der Waals surface area contributed by atoms with Crippen molar-refractivity contribution in [2.45, 2.75) is 34.7 Å². The number of carbonyl (C=O) groups is 1. The van der Waals surface area contributed by atoms with Gasteiger partial charge < -0.3 is 24.8 Å². The minimum Gasteiger partial charge on any atom is -0.480 e. The van der Waals surface area contributed by atoms with E-state index in [1.165, 1.54) is 12.4 Å². The lowest BCUT2D eigenvalue weighted by atomic mass is 9.97. The smallest absolute Gasteiger partial charge is 0.329 e. The summed E-state index contributed by atoms with van der Waals surface area (Å²) in [4.78, 5) is 15.9. The summed E-state index contributed by atoms with van der Waals surface area (Å²) in [6, 6.07) is 2.07. The van der Waals surface area contributed by atoms with E-state index in [-0.39, 0.29) is 11.3 Å². The van der Waals surface area contributed by atoms with Crippen LogP contribution >= 0.6 is 27.7 Å². The molecule has 5 atom stereocenters. The molecule has 15 heteroatoms. The average Bonchev–Trinajstić information content (AvgIpc) is 3.31. The molecule has 4 rings (SSSR count). The Morgan fingerprint density at radius 3 is 2.58 bits per heavy atom. The van der Waals surface area contributed by atoms with Gasteiger partial charge in [0.2, 0.25) is 0 Å². The first-order valence-corrected chi connectivity index (χ1v) is 12.0. The summed E-state index contributed by atoms with van der Waals surface area (Å²) in [5.74, 6) is -5.77. The molecule has 1 saturated heterocycles. The fourth-order valence-electron chi connectivity index (χ4n) is 3.65. The van der Waals surface area contributed by atoms with E-state index in [4.69, 9.17) is 9.47 Å². The number of aliphatic carboxylic acids is 1. The van der Waals surface area contributed by atoms with Gasteiger partial charge in [0.25, 0.3) is 0 Å². The second kappa shape index (κ2) is 11.2. The number of thioether (sulfide) groups is 1. The second-order valence-electron chi connectivity index (χ2n) is 7.67. The van der Waals surface area contributed by atoms with Crippen LogP contribution in [-0.2, 0) is 14.3 Å². The van der Waals surface area contributed by atoms with Crippen molar-refractivity contribution in [1.82, 2.24) is 20.0 Å². The van der Waals surface area contributed by atoms with Crippen molar-refractivity contribution in [3.05, 3.63) is 58.7 Å². The van der Waals surface area contributed by atoms with E-state index >= 15 is 0 Å². The maximum absolute atomic E-state index is 13.7. The summed E-state index contributed by atoms with van der Waals surface area (Å²) >= 11 is 4.42. The zero-order valence-corrected chi connectivity index (χ0v) is 20.4. The predicted molar refractivity (Wildman–Crippen MR) is 121 cm³/mol. The van der Waals surface area contributed by atoms with E-state index in [9.17, 15) is 33.3 Å². The van der Waals surface area contributed by atoms with E-state index in [0.29, 0.717) is 9.37 Å². The Morgan fingerprint density at radius 1 is 1.22 bits per heavy atom. The highest BCUT2D eigenvalue weighted by atomic mass is 79.9. The molecule has 10 nitrogen and oxygen atoms in total. The van der Waals surface area contributed by atoms with Gasteiger partial charge in [0.1, 0.15) is 42.1 Å². The SMILES string of the molecule is O=C(O)CO[C@H]1C(n2cc(-c3cc(F)c(F)c(F)c3)nn2)[C@@H](O)C(CO)O[C@@H]1Sc1cncc(Br)c1. The highest BCUT2D eigenvalue weighted by Gasteiger charge is 2.48. The number of hydrogen-bond donors (Lipinski definition) is 3. The minimum atomic E-state index is -1.64. The van der Waals surface area contributed by atoms with Gasteiger partial charge >= 0.3 is 5.97 Å². The number of carboxylic acid groups (broad SMARTS) is 1. The molecule has 192 valence electrons. The topological polar surface area (TPSA) is 140 Å². The largest absolute Gasteiger partial charge is 0.480 e. The zero-order chi connectivity index (χ0) is 26.0. The number of pyridine rings is 1. The number of nitrogens with zero attached hydrogens (tertiary/aromatic N) is 4. The van der Waals surface area contributed by atoms with Gasteiger partial charge in [-0.05, 0) is 34.1 Å². The maximum atomic E-state index is 13.7. The van der Waals surface area contributed by atoms with Gasteiger partial charge in [-0.25, -0.2) is 22.6 Å². The molecule has 0 saturated carbocycles. The zero-order valence-electron chi connectivity index (χ0n) is 18.0. The molecule has 0 radical (unpaired) electrons. The lowest BCUT2D eigenvalue weighted by molar-refractivity contribution is -0.196. The number of hydrogen-bond acceptors (Lipinski definition) is 9. The van der Waals surface area contributed by atoms with Gasteiger partial charge in [-0.1, -0.05) is 17.0 Å². The standard InChI is InChI=1S/C21H18BrF3N4O6S/c22-10-3-11(5-26-4-10)36-21-20(34-8-16(31)32)18(19(33)15(7-30)35-21)29-6-14(27-28-29)9-1-12(23)17(25)13(24)2-9/h1-6,15,18-21,30,33H,7-8H2,(H,31,32)/t15?,18?,19-,20-,21+/m0/s1. The number of benzene rings is 1. The fraction of sp³-hybridized carbons (Fsp3) is 0.333. The van der Waals surface area contributed by atoms with E-state index in [1.54, 1.807) is 12.3 Å². The Bertz CT molecular complexity index is 1230. The van der Waals surface area contributed by atoms with Crippen LogP contribution in [0.2, 0.25) is 0 Å². The Morgan fingerprint density at radius 2 is 1.94 bits per heavy atom. The van der Waals surface area contributed by atoms with Crippen molar-refractivity contribution < 1.29 is 42.8 Å². The van der Waals surface area contributed by atoms with E-state index < -0.39 is 66.4 Å². The van der Waals surface area contributed by atoms with Crippen LogP contribution in [0.15, 0.2) is 46.2 Å². The van der Waals surface area contributed by atoms with Crippen LogP contribution < -0.4 is 0 Å². The summed E-state index contributed by atoms with van der Waals surface area (Å²) in [6.45, 7) is -1.34. The van der Waals surface area contributed by atoms with Crippen molar-refractivity contribution in [3.63, 3.8) is 0 Å². The summed E-state index contributed by atoms with van der Waals surface area (Å²) in [5.41, 5.74) is -1.11. The van der Waals surface area contributed by atoms with Crippen molar-refractivity contribution in [2.75, 3.05) is 13.2 Å². The number of aliphatic hydroxyl groups is 2. The molecule has 1 aliphatic rings. The third-order valence-electron chi connectivity index (χ3n) is 5.25. The van der Waals surface area contributed by atoms with Crippen LogP contribution in [0.5, 0.6) is 0 Å². The number of rotatable bonds is 8. The normalized spacial score (nSPS) is 24.1. The minimum absolute atomic E-state index is 0.0515. The average molecular weight is 591 g/mol. The van der Waals surface area contributed by atoms with Crippen LogP contribution in [0, 0.1) is 17.5 Å². The van der Waals surface area contributed by atoms with Crippen molar-refractivity contribution in [2.24, 2.45) is 0 Å².